The lowest BCUT2D eigenvalue weighted by molar-refractivity contribution is 0.415. The minimum Gasteiger partial charge on any atom is -0.495 e. The van der Waals surface area contributed by atoms with Crippen molar-refractivity contribution in [3.05, 3.63) is 35.0 Å². The van der Waals surface area contributed by atoms with Crippen LogP contribution in [0.5, 0.6) is 5.75 Å². The summed E-state index contributed by atoms with van der Waals surface area (Å²) in [5, 5.41) is 7.06. The average molecular weight is 335 g/mol. The van der Waals surface area contributed by atoms with Crippen molar-refractivity contribution in [3.63, 3.8) is 0 Å². The molecule has 0 spiro atoms. The van der Waals surface area contributed by atoms with E-state index in [4.69, 9.17) is 16.3 Å². The van der Waals surface area contributed by atoms with Crippen LogP contribution in [0.1, 0.15) is 26.0 Å². The number of hydrogen-bond donors (Lipinski definition) is 2. The highest BCUT2D eigenvalue weighted by Crippen LogP contribution is 2.28. The minimum atomic E-state index is 0.554. The number of ether oxygens (including phenoxy) is 1. The molecule has 0 amide bonds. The van der Waals surface area contributed by atoms with Gasteiger partial charge in [0.1, 0.15) is 11.6 Å². The SMILES string of the molecule is COc1ccc(Nc2cc(C)nc(NCCC(C)C)n2)cc1Cl. The molecular weight excluding hydrogens is 312 g/mol. The number of benzene rings is 1. The van der Waals surface area contributed by atoms with Crippen LogP contribution >= 0.6 is 11.6 Å². The zero-order valence-electron chi connectivity index (χ0n) is 14.0. The normalized spacial score (nSPS) is 10.7. The average Bonchev–Trinajstić information content (AvgIpc) is 2.46. The zero-order chi connectivity index (χ0) is 16.8. The van der Waals surface area contributed by atoms with Crippen molar-refractivity contribution in [2.75, 3.05) is 24.3 Å². The summed E-state index contributed by atoms with van der Waals surface area (Å²) in [5.41, 5.74) is 1.75. The van der Waals surface area contributed by atoms with Gasteiger partial charge in [-0.3, -0.25) is 0 Å². The first-order valence-corrected chi connectivity index (χ1v) is 8.06. The van der Waals surface area contributed by atoms with Crippen LogP contribution in [0.3, 0.4) is 0 Å². The molecule has 0 unspecified atom stereocenters. The molecule has 0 radical (unpaired) electrons. The van der Waals surface area contributed by atoms with E-state index in [0.29, 0.717) is 22.6 Å². The van der Waals surface area contributed by atoms with E-state index in [1.54, 1.807) is 7.11 Å². The fraction of sp³-hybridized carbons (Fsp3) is 0.412. The Hall–Kier alpha value is -2.01. The highest BCUT2D eigenvalue weighted by atomic mass is 35.5. The molecule has 0 aliphatic rings. The van der Waals surface area contributed by atoms with Crippen molar-refractivity contribution in [1.29, 1.82) is 0 Å². The Morgan fingerprint density at radius 1 is 1.22 bits per heavy atom. The van der Waals surface area contributed by atoms with Crippen molar-refractivity contribution in [3.8, 4) is 5.75 Å². The van der Waals surface area contributed by atoms with E-state index in [1.807, 2.05) is 31.2 Å². The summed E-state index contributed by atoms with van der Waals surface area (Å²) in [6.45, 7) is 7.19. The molecular formula is C17H23ClN4O. The largest absolute Gasteiger partial charge is 0.495 e. The van der Waals surface area contributed by atoms with Gasteiger partial charge in [-0.2, -0.15) is 4.98 Å². The molecule has 0 atom stereocenters. The number of aryl methyl sites for hydroxylation is 1. The van der Waals surface area contributed by atoms with Gasteiger partial charge in [0.15, 0.2) is 0 Å². The number of nitrogens with zero attached hydrogens (tertiary/aromatic N) is 2. The number of rotatable bonds is 7. The number of hydrogen-bond acceptors (Lipinski definition) is 5. The summed E-state index contributed by atoms with van der Waals surface area (Å²) in [6.07, 6.45) is 1.08. The van der Waals surface area contributed by atoms with Gasteiger partial charge in [0.05, 0.1) is 12.1 Å². The number of halogens is 1. The van der Waals surface area contributed by atoms with Crippen molar-refractivity contribution < 1.29 is 4.74 Å². The van der Waals surface area contributed by atoms with Crippen LogP contribution < -0.4 is 15.4 Å². The molecule has 1 aromatic carbocycles. The van der Waals surface area contributed by atoms with Gasteiger partial charge in [0.25, 0.3) is 0 Å². The van der Waals surface area contributed by atoms with E-state index in [9.17, 15) is 0 Å². The van der Waals surface area contributed by atoms with Crippen molar-refractivity contribution in [1.82, 2.24) is 9.97 Å². The quantitative estimate of drug-likeness (QED) is 0.771. The third-order valence-corrected chi connectivity index (χ3v) is 3.58. The summed E-state index contributed by atoms with van der Waals surface area (Å²) in [5.74, 6) is 2.65. The molecule has 5 nitrogen and oxygen atoms in total. The van der Waals surface area contributed by atoms with E-state index in [2.05, 4.69) is 34.4 Å². The second-order valence-electron chi connectivity index (χ2n) is 5.80. The molecule has 0 aliphatic heterocycles. The third kappa shape index (κ3) is 5.28. The number of nitrogens with one attached hydrogen (secondary N) is 2. The summed E-state index contributed by atoms with van der Waals surface area (Å²) < 4.78 is 5.16. The van der Waals surface area contributed by atoms with Gasteiger partial charge in [0.2, 0.25) is 5.95 Å². The van der Waals surface area contributed by atoms with Crippen molar-refractivity contribution >= 4 is 29.1 Å². The topological polar surface area (TPSA) is 59.1 Å². The maximum Gasteiger partial charge on any atom is 0.224 e. The van der Waals surface area contributed by atoms with Crippen LogP contribution in [0.25, 0.3) is 0 Å². The molecule has 1 heterocycles. The Morgan fingerprint density at radius 2 is 2.00 bits per heavy atom. The Balaban J connectivity index is 2.10. The van der Waals surface area contributed by atoms with E-state index in [1.165, 1.54) is 0 Å². The lowest BCUT2D eigenvalue weighted by atomic mass is 10.1. The van der Waals surface area contributed by atoms with Gasteiger partial charge in [-0.25, -0.2) is 4.98 Å². The van der Waals surface area contributed by atoms with Gasteiger partial charge < -0.3 is 15.4 Å². The molecule has 0 bridgehead atoms. The van der Waals surface area contributed by atoms with Crippen LogP contribution in [0.4, 0.5) is 17.5 Å². The Morgan fingerprint density at radius 3 is 2.65 bits per heavy atom. The summed E-state index contributed by atoms with van der Waals surface area (Å²) in [4.78, 5) is 8.90. The summed E-state index contributed by atoms with van der Waals surface area (Å²) in [7, 11) is 1.59. The first-order chi connectivity index (χ1) is 11.0. The molecule has 0 aliphatic carbocycles. The maximum atomic E-state index is 6.15. The first kappa shape index (κ1) is 17.3. The smallest absolute Gasteiger partial charge is 0.224 e. The number of anilines is 3. The van der Waals surface area contributed by atoms with E-state index < -0.39 is 0 Å². The van der Waals surface area contributed by atoms with Gasteiger partial charge in [0, 0.05) is 24.0 Å². The molecule has 1 aromatic heterocycles. The molecule has 0 saturated heterocycles. The molecule has 23 heavy (non-hydrogen) atoms. The molecule has 6 heteroatoms. The van der Waals surface area contributed by atoms with Crippen molar-refractivity contribution in [2.24, 2.45) is 5.92 Å². The first-order valence-electron chi connectivity index (χ1n) is 7.68. The van der Waals surface area contributed by atoms with Crippen LogP contribution in [-0.2, 0) is 0 Å². The number of aromatic nitrogens is 2. The summed E-state index contributed by atoms with van der Waals surface area (Å²) >= 11 is 6.15. The van der Waals surface area contributed by atoms with Gasteiger partial charge in [-0.05, 0) is 37.5 Å². The van der Waals surface area contributed by atoms with E-state index in [-0.39, 0.29) is 0 Å². The van der Waals surface area contributed by atoms with Gasteiger partial charge in [-0.1, -0.05) is 25.4 Å². The third-order valence-electron chi connectivity index (χ3n) is 3.28. The lowest BCUT2D eigenvalue weighted by Crippen LogP contribution is -2.09. The van der Waals surface area contributed by atoms with Gasteiger partial charge >= 0.3 is 0 Å². The standard InChI is InChI=1S/C17H23ClN4O/c1-11(2)7-8-19-17-20-12(3)9-16(22-17)21-13-5-6-15(23-4)14(18)10-13/h5-6,9-11H,7-8H2,1-4H3,(H2,19,20,21,22). The van der Waals surface area contributed by atoms with Crippen LogP contribution in [0, 0.1) is 12.8 Å². The Bertz CT molecular complexity index is 661. The predicted octanol–water partition coefficient (Wildman–Crippen LogP) is 4.65. The fourth-order valence-corrected chi connectivity index (χ4v) is 2.33. The highest BCUT2D eigenvalue weighted by Gasteiger charge is 2.06. The van der Waals surface area contributed by atoms with Crippen LogP contribution in [-0.4, -0.2) is 23.6 Å². The minimum absolute atomic E-state index is 0.554. The van der Waals surface area contributed by atoms with Crippen LogP contribution in [0.2, 0.25) is 5.02 Å². The zero-order valence-corrected chi connectivity index (χ0v) is 14.7. The van der Waals surface area contributed by atoms with E-state index in [0.717, 1.165) is 30.2 Å². The molecule has 2 rings (SSSR count). The Kier molecular flexibility index (Phi) is 6.04. The lowest BCUT2D eigenvalue weighted by Gasteiger charge is -2.11. The molecule has 124 valence electrons. The molecule has 0 fully saturated rings. The second-order valence-corrected chi connectivity index (χ2v) is 6.21. The molecule has 0 saturated carbocycles. The molecule has 2 N–H and O–H groups in total. The fourth-order valence-electron chi connectivity index (χ4n) is 2.08. The van der Waals surface area contributed by atoms with Gasteiger partial charge in [-0.15, -0.1) is 0 Å². The highest BCUT2D eigenvalue weighted by molar-refractivity contribution is 6.32. The Labute approximate surface area is 142 Å². The summed E-state index contributed by atoms with van der Waals surface area (Å²) in [6, 6.07) is 7.42. The predicted molar refractivity (Wildman–Crippen MR) is 96.0 cm³/mol. The second kappa shape index (κ2) is 8.02. The van der Waals surface area contributed by atoms with Crippen LogP contribution in [0.15, 0.2) is 24.3 Å². The van der Waals surface area contributed by atoms with Crippen molar-refractivity contribution in [2.45, 2.75) is 27.2 Å². The van der Waals surface area contributed by atoms with E-state index >= 15 is 0 Å². The maximum absolute atomic E-state index is 6.15. The monoisotopic (exact) mass is 334 g/mol. The number of methoxy groups -OCH3 is 1. The molecule has 2 aromatic rings.